The van der Waals surface area contributed by atoms with E-state index in [4.69, 9.17) is 11.6 Å². The van der Waals surface area contributed by atoms with Gasteiger partial charge in [-0.1, -0.05) is 17.2 Å². The summed E-state index contributed by atoms with van der Waals surface area (Å²) in [4.78, 5) is 10.1. The molecule has 0 aliphatic heterocycles. The van der Waals surface area contributed by atoms with Crippen LogP contribution in [0.25, 0.3) is 0 Å². The van der Waals surface area contributed by atoms with Crippen molar-refractivity contribution in [3.63, 3.8) is 0 Å². The number of hydrogen-bond acceptors (Lipinski definition) is 1. The number of amides is 1. The fraction of sp³-hybridized carbons (Fsp3) is 0.375. The summed E-state index contributed by atoms with van der Waals surface area (Å²) in [5.74, 6) is 0. The van der Waals surface area contributed by atoms with E-state index in [0.717, 1.165) is 23.6 Å². The van der Waals surface area contributed by atoms with Gasteiger partial charge in [-0.25, -0.2) is 0 Å². The summed E-state index contributed by atoms with van der Waals surface area (Å²) in [6, 6.07) is 0. The predicted octanol–water partition coefficient (Wildman–Crippen LogP) is 1.92. The van der Waals surface area contributed by atoms with Crippen LogP contribution in [0.3, 0.4) is 0 Å². The Hall–Kier alpha value is -0.760. The molecule has 0 bridgehead atoms. The lowest BCUT2D eigenvalue weighted by Crippen LogP contribution is -2.12. The highest BCUT2D eigenvalue weighted by molar-refractivity contribution is 6.30. The van der Waals surface area contributed by atoms with E-state index in [0.29, 0.717) is 6.41 Å². The zero-order chi connectivity index (χ0) is 8.27. The van der Waals surface area contributed by atoms with E-state index < -0.39 is 0 Å². The molecule has 1 rings (SSSR count). The number of carbonyl (C=O) groups is 1. The molecule has 1 amide bonds. The van der Waals surface area contributed by atoms with Crippen LogP contribution in [0.4, 0.5) is 0 Å². The Morgan fingerprint density at radius 2 is 2.36 bits per heavy atom. The van der Waals surface area contributed by atoms with Crippen LogP contribution in [-0.4, -0.2) is 6.41 Å². The molecule has 0 aromatic carbocycles. The van der Waals surface area contributed by atoms with Crippen molar-refractivity contribution in [3.8, 4) is 0 Å². The Kier molecular flexibility index (Phi) is 2.71. The smallest absolute Gasteiger partial charge is 0.211 e. The van der Waals surface area contributed by atoms with Crippen LogP contribution in [0.2, 0.25) is 0 Å². The molecule has 0 saturated heterocycles. The lowest BCUT2D eigenvalue weighted by molar-refractivity contribution is -0.108. The van der Waals surface area contributed by atoms with Crippen molar-refractivity contribution < 1.29 is 4.79 Å². The minimum atomic E-state index is 0.646. The topological polar surface area (TPSA) is 29.1 Å². The Balaban J connectivity index is 2.79. The van der Waals surface area contributed by atoms with Gasteiger partial charge < -0.3 is 5.32 Å². The van der Waals surface area contributed by atoms with Gasteiger partial charge in [0.15, 0.2) is 0 Å². The number of nitrogens with one attached hydrogen (secondary N) is 1. The summed E-state index contributed by atoms with van der Waals surface area (Å²) in [5, 5.41) is 3.29. The van der Waals surface area contributed by atoms with Crippen LogP contribution < -0.4 is 5.32 Å². The van der Waals surface area contributed by atoms with Gasteiger partial charge in [-0.2, -0.15) is 0 Å². The number of halogens is 1. The van der Waals surface area contributed by atoms with Crippen molar-refractivity contribution in [1.82, 2.24) is 5.32 Å². The molecule has 0 heterocycles. The Labute approximate surface area is 70.9 Å². The third kappa shape index (κ3) is 2.09. The molecule has 0 unspecified atom stereocenters. The zero-order valence-corrected chi connectivity index (χ0v) is 7.11. The second-order valence-electron chi connectivity index (χ2n) is 2.57. The first kappa shape index (κ1) is 8.34. The SMILES string of the molecule is CC1=CC(NC=O)=C(Cl)CC1. The Morgan fingerprint density at radius 3 is 3.00 bits per heavy atom. The van der Waals surface area contributed by atoms with Crippen LogP contribution in [0, 0.1) is 0 Å². The summed E-state index contributed by atoms with van der Waals surface area (Å²) in [5.41, 5.74) is 1.99. The first-order valence-electron chi connectivity index (χ1n) is 3.50. The van der Waals surface area contributed by atoms with E-state index in [-0.39, 0.29) is 0 Å². The average Bonchev–Trinajstić information content (AvgIpc) is 1.98. The van der Waals surface area contributed by atoms with Crippen LogP contribution in [0.1, 0.15) is 19.8 Å². The van der Waals surface area contributed by atoms with Gasteiger partial charge >= 0.3 is 0 Å². The van der Waals surface area contributed by atoms with Crippen LogP contribution in [-0.2, 0) is 4.79 Å². The highest BCUT2D eigenvalue weighted by atomic mass is 35.5. The zero-order valence-electron chi connectivity index (χ0n) is 6.36. The van der Waals surface area contributed by atoms with Gasteiger partial charge in [0.1, 0.15) is 0 Å². The fourth-order valence-corrected chi connectivity index (χ4v) is 1.23. The van der Waals surface area contributed by atoms with Gasteiger partial charge in [-0.15, -0.1) is 0 Å². The third-order valence-corrected chi connectivity index (χ3v) is 2.03. The molecular formula is C8H10ClNO. The van der Waals surface area contributed by atoms with E-state index in [1.165, 1.54) is 5.57 Å². The van der Waals surface area contributed by atoms with Gasteiger partial charge in [0, 0.05) is 5.03 Å². The molecule has 1 N–H and O–H groups in total. The molecule has 0 saturated carbocycles. The van der Waals surface area contributed by atoms with Crippen LogP contribution >= 0.6 is 11.6 Å². The molecule has 0 atom stereocenters. The monoisotopic (exact) mass is 171 g/mol. The minimum absolute atomic E-state index is 0.646. The minimum Gasteiger partial charge on any atom is -0.328 e. The van der Waals surface area contributed by atoms with Crippen molar-refractivity contribution in [3.05, 3.63) is 22.4 Å². The van der Waals surface area contributed by atoms with Crippen molar-refractivity contribution in [2.75, 3.05) is 0 Å². The van der Waals surface area contributed by atoms with E-state index in [9.17, 15) is 4.79 Å². The summed E-state index contributed by atoms with van der Waals surface area (Å²) in [7, 11) is 0. The maximum absolute atomic E-state index is 10.1. The molecule has 0 aromatic rings. The highest BCUT2D eigenvalue weighted by Crippen LogP contribution is 2.24. The van der Waals surface area contributed by atoms with E-state index in [2.05, 4.69) is 5.32 Å². The van der Waals surface area contributed by atoms with Crippen molar-refractivity contribution in [1.29, 1.82) is 0 Å². The second-order valence-corrected chi connectivity index (χ2v) is 3.03. The number of hydrogen-bond donors (Lipinski definition) is 1. The molecule has 0 radical (unpaired) electrons. The summed E-state index contributed by atoms with van der Waals surface area (Å²) in [6.07, 6.45) is 4.37. The standard InChI is InChI=1S/C8H10ClNO/c1-6-2-3-7(9)8(4-6)10-5-11/h4-5H,2-3H2,1H3,(H,10,11). The van der Waals surface area contributed by atoms with E-state index in [1.807, 2.05) is 13.0 Å². The number of carbonyl (C=O) groups excluding carboxylic acids is 1. The van der Waals surface area contributed by atoms with Gasteiger partial charge in [-0.3, -0.25) is 4.79 Å². The fourth-order valence-electron chi connectivity index (χ4n) is 1.02. The molecule has 1 aliphatic carbocycles. The quantitative estimate of drug-likeness (QED) is 0.632. The van der Waals surface area contributed by atoms with Gasteiger partial charge in [0.2, 0.25) is 6.41 Å². The van der Waals surface area contributed by atoms with Crippen LogP contribution in [0.5, 0.6) is 0 Å². The Morgan fingerprint density at radius 1 is 1.64 bits per heavy atom. The first-order chi connectivity index (χ1) is 5.24. The first-order valence-corrected chi connectivity index (χ1v) is 3.88. The molecule has 3 heteroatoms. The summed E-state index contributed by atoms with van der Waals surface area (Å²) >= 11 is 5.84. The van der Waals surface area contributed by atoms with Crippen molar-refractivity contribution >= 4 is 18.0 Å². The van der Waals surface area contributed by atoms with Gasteiger partial charge in [-0.05, 0) is 25.8 Å². The van der Waals surface area contributed by atoms with Gasteiger partial charge in [0.05, 0.1) is 5.70 Å². The third-order valence-electron chi connectivity index (χ3n) is 1.64. The van der Waals surface area contributed by atoms with Crippen molar-refractivity contribution in [2.45, 2.75) is 19.8 Å². The Bertz CT molecular complexity index is 230. The predicted molar refractivity (Wildman–Crippen MR) is 45.1 cm³/mol. The molecule has 60 valence electrons. The molecular weight excluding hydrogens is 162 g/mol. The molecule has 1 aliphatic rings. The van der Waals surface area contributed by atoms with Gasteiger partial charge in [0.25, 0.3) is 0 Å². The molecule has 0 fully saturated rings. The lowest BCUT2D eigenvalue weighted by atomic mass is 10.0. The lowest BCUT2D eigenvalue weighted by Gasteiger charge is -2.12. The van der Waals surface area contributed by atoms with Crippen LogP contribution in [0.15, 0.2) is 22.4 Å². The van der Waals surface area contributed by atoms with E-state index in [1.54, 1.807) is 0 Å². The molecule has 0 spiro atoms. The van der Waals surface area contributed by atoms with E-state index >= 15 is 0 Å². The van der Waals surface area contributed by atoms with Crippen molar-refractivity contribution in [2.24, 2.45) is 0 Å². The number of rotatable bonds is 2. The summed E-state index contributed by atoms with van der Waals surface area (Å²) in [6.45, 7) is 2.02. The molecule has 2 nitrogen and oxygen atoms in total. The molecule has 0 aromatic heterocycles. The normalized spacial score (nSPS) is 17.8. The maximum Gasteiger partial charge on any atom is 0.211 e. The average molecular weight is 172 g/mol. The summed E-state index contributed by atoms with van der Waals surface area (Å²) < 4.78 is 0. The maximum atomic E-state index is 10.1. The second kappa shape index (κ2) is 3.58. The highest BCUT2D eigenvalue weighted by Gasteiger charge is 2.07. The largest absolute Gasteiger partial charge is 0.328 e. The number of allylic oxidation sites excluding steroid dienone is 3. The molecule has 11 heavy (non-hydrogen) atoms.